The third-order valence-electron chi connectivity index (χ3n) is 13.5. The zero-order valence-electron chi connectivity index (χ0n) is 45.0. The standard InChI is InChI=1S/C25H28N8O3.C24H30N8O3.C5H6N2O2.ClH/c1-34-15-16-35-20-6-4-19(5-7-20)31-11-8-30(9-12-31)10-13-32-24-21(17-27-32)25-28-23(22-3-2-14-36-22)29-33(25)18-26-24;1-33-15-16-34-19-6-4-18(5-7-19)31-11-8-30(9-12-31)10-13-32-22(25)20(17-26-32)23-27-24(29-28-23)21-3-2-14-35-21;6-7-5(8)4-2-1-3-9-4;/h2-7,14,17-18H,8-13,15-16H2,1H3;2-7,14,17H,8-13,15-16,25H2,1H3,(H,27,28,29);1-3H,6H2,(H,7,8);1H. The Morgan fingerprint density at radius 3 is 1.77 bits per heavy atom. The van der Waals surface area contributed by atoms with Crippen LogP contribution in [-0.4, -0.2) is 176 Å². The summed E-state index contributed by atoms with van der Waals surface area (Å²) >= 11 is 0. The first-order valence-electron chi connectivity index (χ1n) is 26.2. The molecule has 10 aromatic rings. The molecule has 26 nitrogen and oxygen atoms in total. The van der Waals surface area contributed by atoms with Crippen molar-refractivity contribution in [2.45, 2.75) is 13.1 Å². The lowest BCUT2D eigenvalue weighted by Crippen LogP contribution is -2.47. The smallest absolute Gasteiger partial charge is 0.300 e. The van der Waals surface area contributed by atoms with Gasteiger partial charge in [0, 0.05) is 91.0 Å². The Balaban J connectivity index is 0.000000168. The number of carbonyl (C=O) groups is 1. The number of fused-ring (bicyclic) bond motifs is 3. The predicted octanol–water partition coefficient (Wildman–Crippen LogP) is 5.24. The Morgan fingerprint density at radius 1 is 0.642 bits per heavy atom. The number of hydrogen-bond donors (Lipinski definition) is 4. The van der Waals surface area contributed by atoms with Crippen LogP contribution in [0.2, 0.25) is 0 Å². The molecule has 81 heavy (non-hydrogen) atoms. The van der Waals surface area contributed by atoms with Gasteiger partial charge in [0.15, 0.2) is 40.2 Å². The van der Waals surface area contributed by atoms with Gasteiger partial charge in [-0.15, -0.1) is 17.5 Å². The van der Waals surface area contributed by atoms with E-state index in [2.05, 4.69) is 84.3 Å². The molecule has 2 saturated heterocycles. The molecule has 0 bridgehead atoms. The summed E-state index contributed by atoms with van der Waals surface area (Å²) in [5.74, 6) is 9.75. The highest BCUT2D eigenvalue weighted by molar-refractivity contribution is 5.91. The van der Waals surface area contributed by atoms with Gasteiger partial charge in [-0.2, -0.15) is 15.3 Å². The fourth-order valence-electron chi connectivity index (χ4n) is 9.10. The Bertz CT molecular complexity index is 3440. The van der Waals surface area contributed by atoms with Gasteiger partial charge in [0.2, 0.25) is 5.82 Å². The van der Waals surface area contributed by atoms with Gasteiger partial charge in [-0.3, -0.25) is 25.1 Å². The third-order valence-corrected chi connectivity index (χ3v) is 13.5. The van der Waals surface area contributed by atoms with Gasteiger partial charge in [0.1, 0.15) is 36.9 Å². The van der Waals surface area contributed by atoms with E-state index in [1.807, 2.05) is 63.5 Å². The lowest BCUT2D eigenvalue weighted by atomic mass is 10.2. The molecule has 2 fully saturated rings. The minimum absolute atomic E-state index is 0. The van der Waals surface area contributed by atoms with Gasteiger partial charge in [-0.05, 0) is 84.9 Å². The second kappa shape index (κ2) is 27.9. The summed E-state index contributed by atoms with van der Waals surface area (Å²) in [5, 5.41) is 21.6. The molecule has 27 heteroatoms. The number of nitrogens with one attached hydrogen (secondary N) is 2. The number of amides is 1. The molecule has 426 valence electrons. The van der Waals surface area contributed by atoms with Crippen LogP contribution >= 0.6 is 12.4 Å². The number of ether oxygens (including phenoxy) is 4. The number of anilines is 3. The maximum absolute atomic E-state index is 10.5. The lowest BCUT2D eigenvalue weighted by Gasteiger charge is -2.36. The van der Waals surface area contributed by atoms with Gasteiger partial charge >= 0.3 is 5.91 Å². The van der Waals surface area contributed by atoms with Crippen LogP contribution in [0.4, 0.5) is 17.2 Å². The summed E-state index contributed by atoms with van der Waals surface area (Å²) in [6.07, 6.45) is 9.83. The molecule has 2 aromatic carbocycles. The number of aromatic nitrogens is 11. The van der Waals surface area contributed by atoms with Crippen LogP contribution in [0.1, 0.15) is 10.6 Å². The summed E-state index contributed by atoms with van der Waals surface area (Å²) < 4.78 is 42.3. The number of carbonyl (C=O) groups excluding carboxylic acids is 1. The van der Waals surface area contributed by atoms with E-state index < -0.39 is 5.91 Å². The molecule has 10 heterocycles. The molecule has 2 aliphatic heterocycles. The van der Waals surface area contributed by atoms with Crippen molar-refractivity contribution in [3.05, 3.63) is 128 Å². The van der Waals surface area contributed by atoms with Crippen LogP contribution < -0.4 is 36.3 Å². The van der Waals surface area contributed by atoms with Crippen LogP contribution in [0, 0.1) is 0 Å². The Hall–Kier alpha value is -8.79. The topological polar surface area (TPSA) is 291 Å². The number of benzene rings is 2. The molecule has 6 N–H and O–H groups in total. The Labute approximate surface area is 471 Å². The van der Waals surface area contributed by atoms with E-state index in [4.69, 9.17) is 43.8 Å². The van der Waals surface area contributed by atoms with E-state index in [9.17, 15) is 4.79 Å². The van der Waals surface area contributed by atoms with Gasteiger partial charge < -0.3 is 47.7 Å². The van der Waals surface area contributed by atoms with Crippen molar-refractivity contribution in [3.8, 4) is 46.1 Å². The van der Waals surface area contributed by atoms with Crippen LogP contribution in [0.25, 0.3) is 51.2 Å². The molecule has 12 rings (SSSR count). The first-order valence-corrected chi connectivity index (χ1v) is 26.2. The highest BCUT2D eigenvalue weighted by atomic mass is 35.5. The molecule has 0 atom stereocenters. The molecule has 0 radical (unpaired) electrons. The first-order chi connectivity index (χ1) is 39.3. The molecule has 0 spiro atoms. The number of H-pyrrole nitrogens is 1. The molecular formula is C54H65ClN18O8. The van der Waals surface area contributed by atoms with E-state index in [0.717, 1.165) is 100 Å². The van der Waals surface area contributed by atoms with Gasteiger partial charge in [-0.1, -0.05) is 0 Å². The molecule has 0 unspecified atom stereocenters. The highest BCUT2D eigenvalue weighted by Crippen LogP contribution is 2.27. The maximum Gasteiger partial charge on any atom is 0.300 e. The number of furan rings is 3. The highest BCUT2D eigenvalue weighted by Gasteiger charge is 2.22. The summed E-state index contributed by atoms with van der Waals surface area (Å²) in [6.45, 7) is 13.4. The third kappa shape index (κ3) is 14.3. The zero-order valence-corrected chi connectivity index (χ0v) is 45.8. The van der Waals surface area contributed by atoms with E-state index in [1.165, 1.54) is 23.7 Å². The van der Waals surface area contributed by atoms with Crippen LogP contribution in [0.5, 0.6) is 11.5 Å². The van der Waals surface area contributed by atoms with Crippen LogP contribution in [0.3, 0.4) is 0 Å². The number of aromatic amines is 1. The molecule has 0 saturated carbocycles. The predicted molar refractivity (Wildman–Crippen MR) is 304 cm³/mol. The first kappa shape index (κ1) is 56.9. The van der Waals surface area contributed by atoms with Crippen LogP contribution in [-0.2, 0) is 22.6 Å². The van der Waals surface area contributed by atoms with Gasteiger partial charge in [0.05, 0.1) is 68.4 Å². The number of nitrogens with zero attached hydrogens (tertiary/aromatic N) is 14. The molecular weight excluding hydrogens is 1060 g/mol. The fraction of sp³-hybridized carbons (Fsp3) is 0.333. The van der Waals surface area contributed by atoms with E-state index in [-0.39, 0.29) is 18.2 Å². The van der Waals surface area contributed by atoms with Crippen LogP contribution in [0.15, 0.2) is 136 Å². The van der Waals surface area contributed by atoms with Crippen molar-refractivity contribution in [2.75, 3.05) is 122 Å². The average molecular weight is 1130 g/mol. The van der Waals surface area contributed by atoms with Crippen molar-refractivity contribution in [1.82, 2.24) is 69.5 Å². The largest absolute Gasteiger partial charge is 0.491 e. The Kier molecular flexibility index (Phi) is 19.6. The van der Waals surface area contributed by atoms with Crippen molar-refractivity contribution in [1.29, 1.82) is 0 Å². The fourth-order valence-corrected chi connectivity index (χ4v) is 9.10. The number of nitrogens with two attached hydrogens (primary N) is 2. The number of hydrogen-bond acceptors (Lipinski definition) is 21. The Morgan fingerprint density at radius 2 is 1.21 bits per heavy atom. The second-order valence-electron chi connectivity index (χ2n) is 18.5. The summed E-state index contributed by atoms with van der Waals surface area (Å²) in [7, 11) is 3.35. The van der Waals surface area contributed by atoms with E-state index in [1.54, 1.807) is 55.9 Å². The number of halogens is 1. The maximum atomic E-state index is 10.5. The van der Waals surface area contributed by atoms with Crippen molar-refractivity contribution >= 4 is 52.2 Å². The molecule has 1 amide bonds. The zero-order chi connectivity index (χ0) is 55.0. The van der Waals surface area contributed by atoms with Crippen molar-refractivity contribution in [3.63, 3.8) is 0 Å². The van der Waals surface area contributed by atoms with Gasteiger partial charge in [0.25, 0.3) is 0 Å². The lowest BCUT2D eigenvalue weighted by molar-refractivity contribution is 0.0926. The van der Waals surface area contributed by atoms with Gasteiger partial charge in [-0.25, -0.2) is 34.7 Å². The minimum Gasteiger partial charge on any atom is -0.491 e. The second-order valence-corrected chi connectivity index (χ2v) is 18.5. The number of methoxy groups -OCH3 is 2. The molecule has 0 aliphatic carbocycles. The molecule has 2 aliphatic rings. The number of nitrogen functional groups attached to an aromatic ring is 2. The summed E-state index contributed by atoms with van der Waals surface area (Å²) in [4.78, 5) is 34.0. The average Bonchev–Trinajstić information content (AvgIpc) is 4.46. The SMILES string of the molecule is COCCOc1ccc(N2CCN(CCn3ncc(-c4n[nH]c(-c5ccco5)n4)c3N)CC2)cc1.COCCOc1ccc(N2CCN(CCn3ncc4c3ncn3nc(-c5ccco5)nc43)CC2)cc1.Cl.NNC(=O)c1ccco1. The molecule has 8 aromatic heterocycles. The number of hydrazine groups is 1. The summed E-state index contributed by atoms with van der Waals surface area (Å²) in [5.41, 5.74) is 13.0. The van der Waals surface area contributed by atoms with Crippen molar-refractivity contribution < 1.29 is 37.0 Å². The number of rotatable bonds is 20. The quantitative estimate of drug-likeness (QED) is 0.0328. The monoisotopic (exact) mass is 1130 g/mol. The van der Waals surface area contributed by atoms with E-state index in [0.29, 0.717) is 73.3 Å². The normalized spacial score (nSPS) is 13.8. The summed E-state index contributed by atoms with van der Waals surface area (Å²) in [6, 6.07) is 27.0. The minimum atomic E-state index is -0.417. The van der Waals surface area contributed by atoms with E-state index >= 15 is 0 Å². The number of piperazine rings is 2. The van der Waals surface area contributed by atoms with Crippen molar-refractivity contribution in [2.24, 2.45) is 5.84 Å².